The quantitative estimate of drug-likeness (QED) is 0.799. The van der Waals surface area contributed by atoms with Crippen molar-refractivity contribution in [2.75, 3.05) is 0 Å². The minimum Gasteiger partial charge on any atom is -0.341 e. The van der Waals surface area contributed by atoms with Crippen molar-refractivity contribution in [2.45, 2.75) is 25.4 Å². The number of carbonyl (C=O) groups excluding carboxylic acids is 1. The van der Waals surface area contributed by atoms with Crippen molar-refractivity contribution in [3.05, 3.63) is 54.5 Å². The van der Waals surface area contributed by atoms with Crippen molar-refractivity contribution < 1.29 is 4.79 Å². The number of nitrogens with zero attached hydrogens (tertiary/aromatic N) is 5. The van der Waals surface area contributed by atoms with Gasteiger partial charge in [-0.25, -0.2) is 9.97 Å². The van der Waals surface area contributed by atoms with Crippen LogP contribution in [0.25, 0.3) is 11.3 Å². The standard InChI is InChI=1S/C17H18N6O/c1-22-10-19-16(21-22)17(24)20-13-8-5-9-23-11-18-14(15(13)23)12-6-3-2-4-7-12/h2-4,6-7,10-11,13H,5,8-9H2,1H3,(H,20,24). The van der Waals surface area contributed by atoms with Gasteiger partial charge in [-0.3, -0.25) is 9.48 Å². The molecule has 0 bridgehead atoms. The largest absolute Gasteiger partial charge is 0.341 e. The number of hydrogen-bond acceptors (Lipinski definition) is 4. The molecule has 7 heteroatoms. The molecule has 0 saturated heterocycles. The van der Waals surface area contributed by atoms with Gasteiger partial charge >= 0.3 is 0 Å². The van der Waals surface area contributed by atoms with Crippen LogP contribution in [0.5, 0.6) is 0 Å². The van der Waals surface area contributed by atoms with Crippen LogP contribution in [0.4, 0.5) is 0 Å². The van der Waals surface area contributed by atoms with Crippen LogP contribution in [0, 0.1) is 0 Å². The summed E-state index contributed by atoms with van der Waals surface area (Å²) in [5.41, 5.74) is 3.04. The van der Waals surface area contributed by atoms with Gasteiger partial charge in [0.25, 0.3) is 5.91 Å². The first-order valence-electron chi connectivity index (χ1n) is 7.99. The average Bonchev–Trinajstić information content (AvgIpc) is 3.22. The Balaban J connectivity index is 1.66. The molecule has 1 aliphatic heterocycles. The molecule has 1 aromatic carbocycles. The van der Waals surface area contributed by atoms with E-state index < -0.39 is 0 Å². The summed E-state index contributed by atoms with van der Waals surface area (Å²) in [7, 11) is 1.74. The highest BCUT2D eigenvalue weighted by molar-refractivity contribution is 5.90. The summed E-state index contributed by atoms with van der Waals surface area (Å²) in [5.74, 6) is -0.0651. The first-order valence-corrected chi connectivity index (χ1v) is 7.99. The highest BCUT2D eigenvalue weighted by Crippen LogP contribution is 2.33. The van der Waals surface area contributed by atoms with E-state index in [4.69, 9.17) is 0 Å². The molecule has 1 amide bonds. The third-order valence-corrected chi connectivity index (χ3v) is 4.26. The lowest BCUT2D eigenvalue weighted by molar-refractivity contribution is 0.0918. The molecule has 7 nitrogen and oxygen atoms in total. The molecule has 122 valence electrons. The fourth-order valence-corrected chi connectivity index (χ4v) is 3.16. The zero-order valence-corrected chi connectivity index (χ0v) is 13.4. The van der Waals surface area contributed by atoms with Gasteiger partial charge in [0.2, 0.25) is 5.82 Å². The second-order valence-electron chi connectivity index (χ2n) is 5.95. The Bertz CT molecular complexity index is 866. The van der Waals surface area contributed by atoms with Crippen molar-refractivity contribution in [3.63, 3.8) is 0 Å². The van der Waals surface area contributed by atoms with Gasteiger partial charge in [-0.2, -0.15) is 0 Å². The van der Waals surface area contributed by atoms with E-state index in [-0.39, 0.29) is 17.8 Å². The topological polar surface area (TPSA) is 77.6 Å². The zero-order chi connectivity index (χ0) is 16.5. The molecule has 4 rings (SSSR count). The lowest BCUT2D eigenvalue weighted by atomic mass is 9.99. The summed E-state index contributed by atoms with van der Waals surface area (Å²) in [4.78, 5) is 21.0. The number of rotatable bonds is 3. The highest BCUT2D eigenvalue weighted by atomic mass is 16.2. The van der Waals surface area contributed by atoms with E-state index in [1.54, 1.807) is 7.05 Å². The van der Waals surface area contributed by atoms with Crippen molar-refractivity contribution in [1.29, 1.82) is 0 Å². The Morgan fingerprint density at radius 2 is 2.04 bits per heavy atom. The third-order valence-electron chi connectivity index (χ3n) is 4.26. The number of aromatic nitrogens is 5. The number of imidazole rings is 1. The van der Waals surface area contributed by atoms with E-state index in [0.717, 1.165) is 36.3 Å². The van der Waals surface area contributed by atoms with Crippen LogP contribution in [-0.2, 0) is 13.6 Å². The fraction of sp³-hybridized carbons (Fsp3) is 0.294. The first-order chi connectivity index (χ1) is 11.7. The molecule has 3 heterocycles. The van der Waals surface area contributed by atoms with Crippen LogP contribution >= 0.6 is 0 Å². The number of amides is 1. The van der Waals surface area contributed by atoms with Crippen molar-refractivity contribution in [2.24, 2.45) is 7.05 Å². The molecule has 24 heavy (non-hydrogen) atoms. The number of benzene rings is 1. The first kappa shape index (κ1) is 14.6. The van der Waals surface area contributed by atoms with Crippen LogP contribution in [0.15, 0.2) is 43.0 Å². The van der Waals surface area contributed by atoms with Gasteiger partial charge in [0.05, 0.1) is 23.8 Å². The summed E-state index contributed by atoms with van der Waals surface area (Å²) in [5, 5.41) is 7.13. The van der Waals surface area contributed by atoms with Crippen molar-refractivity contribution in [1.82, 2.24) is 29.6 Å². The summed E-state index contributed by atoms with van der Waals surface area (Å²) >= 11 is 0. The van der Waals surface area contributed by atoms with Crippen LogP contribution in [-0.4, -0.2) is 30.2 Å². The smallest absolute Gasteiger partial charge is 0.291 e. The maximum Gasteiger partial charge on any atom is 0.291 e. The Morgan fingerprint density at radius 3 is 2.79 bits per heavy atom. The summed E-state index contributed by atoms with van der Waals surface area (Å²) in [6, 6.07) is 9.96. The van der Waals surface area contributed by atoms with E-state index in [2.05, 4.69) is 25.0 Å². The molecule has 0 spiro atoms. The Labute approximate surface area is 139 Å². The van der Waals surface area contributed by atoms with Gasteiger partial charge in [-0.05, 0) is 12.8 Å². The van der Waals surface area contributed by atoms with E-state index in [1.807, 2.05) is 36.7 Å². The molecular weight excluding hydrogens is 304 g/mol. The zero-order valence-electron chi connectivity index (χ0n) is 13.4. The van der Waals surface area contributed by atoms with Crippen LogP contribution in [0.2, 0.25) is 0 Å². The molecule has 1 N–H and O–H groups in total. The molecule has 0 saturated carbocycles. The minimum absolute atomic E-state index is 0.0900. The van der Waals surface area contributed by atoms with Gasteiger partial charge in [-0.15, -0.1) is 5.10 Å². The predicted molar refractivity (Wildman–Crippen MR) is 88.1 cm³/mol. The lowest BCUT2D eigenvalue weighted by Gasteiger charge is -2.26. The normalized spacial score (nSPS) is 16.6. The predicted octanol–water partition coefficient (Wildman–Crippen LogP) is 1.94. The number of aryl methyl sites for hydroxylation is 2. The molecule has 1 atom stereocenters. The molecule has 0 aliphatic carbocycles. The maximum absolute atomic E-state index is 12.4. The molecule has 2 aromatic heterocycles. The number of carbonyl (C=O) groups is 1. The summed E-state index contributed by atoms with van der Waals surface area (Å²) in [6.07, 6.45) is 5.26. The molecule has 0 radical (unpaired) electrons. The van der Waals surface area contributed by atoms with Crippen molar-refractivity contribution >= 4 is 5.91 Å². The van der Waals surface area contributed by atoms with Crippen LogP contribution in [0.3, 0.4) is 0 Å². The van der Waals surface area contributed by atoms with E-state index in [1.165, 1.54) is 11.0 Å². The van der Waals surface area contributed by atoms with Crippen LogP contribution in [0.1, 0.15) is 35.2 Å². The Morgan fingerprint density at radius 1 is 1.21 bits per heavy atom. The monoisotopic (exact) mass is 322 g/mol. The maximum atomic E-state index is 12.4. The second kappa shape index (κ2) is 5.92. The Kier molecular flexibility index (Phi) is 3.60. The van der Waals surface area contributed by atoms with E-state index in [0.29, 0.717) is 0 Å². The second-order valence-corrected chi connectivity index (χ2v) is 5.95. The van der Waals surface area contributed by atoms with Gasteiger partial charge in [0.1, 0.15) is 6.33 Å². The average molecular weight is 322 g/mol. The molecular formula is C17H18N6O. The van der Waals surface area contributed by atoms with Gasteiger partial charge in [0, 0.05) is 19.2 Å². The van der Waals surface area contributed by atoms with E-state index >= 15 is 0 Å². The SMILES string of the molecule is Cn1cnc(C(=O)NC2CCCn3cnc(-c4ccccc4)c32)n1. The van der Waals surface area contributed by atoms with Crippen molar-refractivity contribution in [3.8, 4) is 11.3 Å². The highest BCUT2D eigenvalue weighted by Gasteiger charge is 2.27. The minimum atomic E-state index is -0.255. The molecule has 0 fully saturated rings. The molecule has 1 aliphatic rings. The molecule has 1 unspecified atom stereocenters. The fourth-order valence-electron chi connectivity index (χ4n) is 3.16. The number of nitrogens with one attached hydrogen (secondary N) is 1. The Hall–Kier alpha value is -2.96. The summed E-state index contributed by atoms with van der Waals surface area (Å²) in [6.45, 7) is 0.920. The van der Waals surface area contributed by atoms with Gasteiger partial charge in [0.15, 0.2) is 0 Å². The third kappa shape index (κ3) is 2.58. The number of hydrogen-bond donors (Lipinski definition) is 1. The van der Waals surface area contributed by atoms with Gasteiger partial charge in [-0.1, -0.05) is 30.3 Å². The lowest BCUT2D eigenvalue weighted by Crippen LogP contribution is -2.33. The summed E-state index contributed by atoms with van der Waals surface area (Å²) < 4.78 is 3.65. The van der Waals surface area contributed by atoms with Crippen LogP contribution < -0.4 is 5.32 Å². The number of fused-ring (bicyclic) bond motifs is 1. The van der Waals surface area contributed by atoms with Gasteiger partial charge < -0.3 is 9.88 Å². The molecule has 3 aromatic rings. The van der Waals surface area contributed by atoms with E-state index in [9.17, 15) is 4.79 Å².